The molecular formula is C39H33NO2. The average Bonchev–Trinajstić information content (AvgIpc) is 3.28. The first-order chi connectivity index (χ1) is 20.1. The molecule has 0 bridgehead atoms. The Morgan fingerprint density at radius 1 is 0.548 bits per heavy atom. The zero-order chi connectivity index (χ0) is 29.1. The largest absolute Gasteiger partial charge is 0.456 e. The summed E-state index contributed by atoms with van der Waals surface area (Å²) >= 11 is 0. The van der Waals surface area contributed by atoms with Gasteiger partial charge in [-0.25, -0.2) is 0 Å². The summed E-state index contributed by atoms with van der Waals surface area (Å²) < 4.78 is 8.75. The SMILES string of the molecule is Cc1ccc2c(c1)c1cc(C)ccc1n2-c1ccc2c(c1)C(C)(C)c1cc3oc4ccccc4c(=O)c3cc1C2(C)C. The van der Waals surface area contributed by atoms with E-state index >= 15 is 0 Å². The van der Waals surface area contributed by atoms with Crippen LogP contribution in [-0.2, 0) is 10.8 Å². The van der Waals surface area contributed by atoms with Gasteiger partial charge in [0.2, 0.25) is 5.43 Å². The minimum Gasteiger partial charge on any atom is -0.456 e. The molecule has 42 heavy (non-hydrogen) atoms. The first-order valence-corrected chi connectivity index (χ1v) is 14.7. The van der Waals surface area contributed by atoms with Gasteiger partial charge in [0.15, 0.2) is 0 Å². The second-order valence-electron chi connectivity index (χ2n) is 13.2. The van der Waals surface area contributed by atoms with E-state index in [1.54, 1.807) is 0 Å². The summed E-state index contributed by atoms with van der Waals surface area (Å²) in [7, 11) is 0. The molecule has 0 atom stereocenters. The van der Waals surface area contributed by atoms with Gasteiger partial charge in [-0.15, -0.1) is 0 Å². The fraction of sp³-hybridized carbons (Fsp3) is 0.205. The van der Waals surface area contributed by atoms with Crippen molar-refractivity contribution in [3.8, 4) is 5.69 Å². The van der Waals surface area contributed by atoms with Gasteiger partial charge in [-0.3, -0.25) is 4.79 Å². The van der Waals surface area contributed by atoms with Gasteiger partial charge in [0.25, 0.3) is 0 Å². The molecule has 2 heterocycles. The summed E-state index contributed by atoms with van der Waals surface area (Å²) in [5.74, 6) is 0. The summed E-state index contributed by atoms with van der Waals surface area (Å²) in [6.45, 7) is 13.5. The lowest BCUT2D eigenvalue weighted by Gasteiger charge is -2.44. The van der Waals surface area contributed by atoms with E-state index in [1.165, 1.54) is 55.2 Å². The van der Waals surface area contributed by atoms with Gasteiger partial charge in [0.1, 0.15) is 11.2 Å². The molecule has 0 fully saturated rings. The summed E-state index contributed by atoms with van der Waals surface area (Å²) in [6, 6.07) is 32.2. The molecule has 1 aliphatic carbocycles. The lowest BCUT2D eigenvalue weighted by atomic mass is 9.60. The van der Waals surface area contributed by atoms with Crippen molar-refractivity contribution < 1.29 is 4.42 Å². The highest BCUT2D eigenvalue weighted by Gasteiger charge is 2.42. The van der Waals surface area contributed by atoms with Crippen LogP contribution in [-0.4, -0.2) is 4.57 Å². The van der Waals surface area contributed by atoms with E-state index in [0.29, 0.717) is 21.9 Å². The lowest BCUT2D eigenvalue weighted by Crippen LogP contribution is -2.36. The monoisotopic (exact) mass is 547 g/mol. The molecule has 3 heteroatoms. The van der Waals surface area contributed by atoms with Gasteiger partial charge in [0.05, 0.1) is 21.8 Å². The van der Waals surface area contributed by atoms with Crippen LogP contribution in [0, 0.1) is 13.8 Å². The Balaban J connectivity index is 1.40. The van der Waals surface area contributed by atoms with Crippen LogP contribution in [0.5, 0.6) is 0 Å². The Kier molecular flexibility index (Phi) is 4.92. The van der Waals surface area contributed by atoms with E-state index in [4.69, 9.17) is 4.42 Å². The molecule has 0 saturated carbocycles. The average molecular weight is 548 g/mol. The van der Waals surface area contributed by atoms with Crippen LogP contribution in [0.2, 0.25) is 0 Å². The maximum atomic E-state index is 13.6. The second-order valence-corrected chi connectivity index (χ2v) is 13.2. The molecule has 0 N–H and O–H groups in total. The minimum absolute atomic E-state index is 0.0289. The smallest absolute Gasteiger partial charge is 0.200 e. The van der Waals surface area contributed by atoms with Crippen molar-refractivity contribution in [3.05, 3.63) is 135 Å². The minimum atomic E-state index is -0.305. The third-order valence-electron chi connectivity index (χ3n) is 9.75. The Morgan fingerprint density at radius 3 is 1.83 bits per heavy atom. The maximum Gasteiger partial charge on any atom is 0.200 e. The molecular weight excluding hydrogens is 514 g/mol. The van der Waals surface area contributed by atoms with Gasteiger partial charge >= 0.3 is 0 Å². The highest BCUT2D eigenvalue weighted by molar-refractivity contribution is 6.09. The van der Waals surface area contributed by atoms with Crippen LogP contribution in [0.25, 0.3) is 49.4 Å². The quantitative estimate of drug-likeness (QED) is 0.192. The van der Waals surface area contributed by atoms with Gasteiger partial charge < -0.3 is 8.98 Å². The molecule has 0 aliphatic heterocycles. The third kappa shape index (κ3) is 3.25. The van der Waals surface area contributed by atoms with Crippen molar-refractivity contribution in [2.75, 3.05) is 0 Å². The van der Waals surface area contributed by atoms with Crippen molar-refractivity contribution >= 4 is 43.7 Å². The van der Waals surface area contributed by atoms with Gasteiger partial charge in [-0.05, 0) is 96.8 Å². The third-order valence-corrected chi connectivity index (χ3v) is 9.75. The number of fused-ring (bicyclic) bond motifs is 7. The molecule has 0 unspecified atom stereocenters. The number of rotatable bonds is 1. The van der Waals surface area contributed by atoms with E-state index in [1.807, 2.05) is 24.3 Å². The molecule has 0 spiro atoms. The summed E-state index contributed by atoms with van der Waals surface area (Å²) in [6.07, 6.45) is 0. The van der Waals surface area contributed by atoms with Crippen molar-refractivity contribution in [2.24, 2.45) is 0 Å². The predicted molar refractivity (Wildman–Crippen MR) is 175 cm³/mol. The number of para-hydroxylation sites is 1. The van der Waals surface area contributed by atoms with E-state index in [0.717, 1.165) is 5.69 Å². The van der Waals surface area contributed by atoms with Crippen molar-refractivity contribution in [1.82, 2.24) is 4.57 Å². The van der Waals surface area contributed by atoms with E-state index in [-0.39, 0.29) is 16.3 Å². The number of aryl methyl sites for hydroxylation is 2. The molecule has 0 radical (unpaired) electrons. The Bertz CT molecular complexity index is 2290. The highest BCUT2D eigenvalue weighted by Crippen LogP contribution is 2.51. The second kappa shape index (κ2) is 8.23. The molecule has 0 amide bonds. The number of nitrogens with zero attached hydrogens (tertiary/aromatic N) is 1. The fourth-order valence-electron chi connectivity index (χ4n) is 7.44. The summed E-state index contributed by atoms with van der Waals surface area (Å²) in [4.78, 5) is 13.6. The number of hydrogen-bond acceptors (Lipinski definition) is 2. The van der Waals surface area contributed by atoms with Crippen LogP contribution >= 0.6 is 0 Å². The zero-order valence-corrected chi connectivity index (χ0v) is 24.9. The Morgan fingerprint density at radius 2 is 1.14 bits per heavy atom. The molecule has 206 valence electrons. The van der Waals surface area contributed by atoms with Crippen molar-refractivity contribution in [2.45, 2.75) is 52.4 Å². The summed E-state index contributed by atoms with van der Waals surface area (Å²) in [5.41, 5.74) is 11.8. The lowest BCUT2D eigenvalue weighted by molar-refractivity contribution is 0.519. The molecule has 3 nitrogen and oxygen atoms in total. The number of benzene rings is 5. The maximum absolute atomic E-state index is 13.6. The molecule has 2 aromatic heterocycles. The molecule has 8 rings (SSSR count). The molecule has 7 aromatic rings. The van der Waals surface area contributed by atoms with E-state index in [9.17, 15) is 4.79 Å². The van der Waals surface area contributed by atoms with Gasteiger partial charge in [-0.1, -0.05) is 69.2 Å². The fourth-order valence-corrected chi connectivity index (χ4v) is 7.44. The summed E-state index contributed by atoms with van der Waals surface area (Å²) in [5, 5.41) is 3.84. The topological polar surface area (TPSA) is 35.1 Å². The number of hydrogen-bond donors (Lipinski definition) is 0. The van der Waals surface area contributed by atoms with Crippen LogP contribution in [0.15, 0.2) is 100 Å². The molecule has 1 aliphatic rings. The first-order valence-electron chi connectivity index (χ1n) is 14.7. The van der Waals surface area contributed by atoms with Crippen molar-refractivity contribution in [3.63, 3.8) is 0 Å². The highest BCUT2D eigenvalue weighted by atomic mass is 16.3. The van der Waals surface area contributed by atoms with Gasteiger partial charge in [-0.2, -0.15) is 0 Å². The van der Waals surface area contributed by atoms with E-state index < -0.39 is 0 Å². The molecule has 0 saturated heterocycles. The Labute approximate surface area is 245 Å². The van der Waals surface area contributed by atoms with Crippen LogP contribution in [0.3, 0.4) is 0 Å². The Hall–Kier alpha value is -4.63. The van der Waals surface area contributed by atoms with Crippen LogP contribution in [0.1, 0.15) is 61.1 Å². The number of aromatic nitrogens is 1. The van der Waals surface area contributed by atoms with E-state index in [2.05, 4.69) is 113 Å². The normalized spacial score (nSPS) is 15.4. The molecule has 5 aromatic carbocycles. The van der Waals surface area contributed by atoms with Crippen LogP contribution < -0.4 is 5.43 Å². The standard InChI is InChI=1S/C39H33NO2/c1-22-11-15-33-26(17-22)27-18-23(2)12-16-34(27)40(33)24-13-14-29-30(19-24)39(5,6)32-21-36-28(20-31(32)38(29,3)4)37(41)25-9-7-8-10-35(25)42-36/h7-21H,1-6H3. The van der Waals surface area contributed by atoms with Crippen molar-refractivity contribution in [1.29, 1.82) is 0 Å². The zero-order valence-electron chi connectivity index (χ0n) is 24.9. The van der Waals surface area contributed by atoms with Gasteiger partial charge in [0, 0.05) is 27.3 Å². The predicted octanol–water partition coefficient (Wildman–Crippen LogP) is 9.63. The first kappa shape index (κ1) is 25.1. The van der Waals surface area contributed by atoms with Crippen LogP contribution in [0.4, 0.5) is 0 Å².